The van der Waals surface area contributed by atoms with Crippen molar-refractivity contribution < 1.29 is 19.1 Å². The molecule has 1 N–H and O–H groups in total. The summed E-state index contributed by atoms with van der Waals surface area (Å²) in [7, 11) is 5.57. The topological polar surface area (TPSA) is 71.1 Å². The molecular formula is C28H33N3O4S. The van der Waals surface area contributed by atoms with Gasteiger partial charge in [-0.1, -0.05) is 18.2 Å². The van der Waals surface area contributed by atoms with Crippen LogP contribution in [0.3, 0.4) is 0 Å². The second-order valence-electron chi connectivity index (χ2n) is 9.11. The van der Waals surface area contributed by atoms with E-state index in [-0.39, 0.29) is 24.3 Å². The number of carbonyl (C=O) groups is 2. The maximum absolute atomic E-state index is 13.4. The van der Waals surface area contributed by atoms with Gasteiger partial charge < -0.3 is 24.6 Å². The lowest BCUT2D eigenvalue weighted by Crippen LogP contribution is -2.37. The van der Waals surface area contributed by atoms with E-state index in [9.17, 15) is 9.59 Å². The minimum absolute atomic E-state index is 0.000787. The van der Waals surface area contributed by atoms with Gasteiger partial charge >= 0.3 is 0 Å². The number of thiophene rings is 1. The minimum Gasteiger partial charge on any atom is -0.497 e. The standard InChI is InChI=1S/C28H33N3O4S/c1-30(2)25-13-10-22(29-27(32)16-20-8-11-23(34-3)12-9-20)17-21(25)18-31(19-24-6-4-14-35-24)28(33)26-7-5-15-36-26/h5,7-13,15,17,24H,4,6,14,16,18-19H2,1-3H3,(H,29,32). The minimum atomic E-state index is -0.102. The molecule has 0 saturated carbocycles. The van der Waals surface area contributed by atoms with E-state index in [4.69, 9.17) is 9.47 Å². The molecule has 1 fully saturated rings. The smallest absolute Gasteiger partial charge is 0.264 e. The van der Waals surface area contributed by atoms with Crippen molar-refractivity contribution in [2.75, 3.05) is 44.6 Å². The van der Waals surface area contributed by atoms with Crippen LogP contribution >= 0.6 is 11.3 Å². The predicted molar refractivity (Wildman–Crippen MR) is 144 cm³/mol. The summed E-state index contributed by atoms with van der Waals surface area (Å²) in [4.78, 5) is 30.7. The highest BCUT2D eigenvalue weighted by Gasteiger charge is 2.25. The molecule has 8 heteroatoms. The average molecular weight is 508 g/mol. The quantitative estimate of drug-likeness (QED) is 0.426. The van der Waals surface area contributed by atoms with E-state index in [0.717, 1.165) is 42.0 Å². The Bertz CT molecular complexity index is 1160. The van der Waals surface area contributed by atoms with Crippen LogP contribution in [0.15, 0.2) is 60.0 Å². The van der Waals surface area contributed by atoms with E-state index in [1.807, 2.05) is 83.9 Å². The molecule has 2 heterocycles. The first-order valence-corrected chi connectivity index (χ1v) is 13.0. The van der Waals surface area contributed by atoms with Crippen molar-refractivity contribution in [1.29, 1.82) is 0 Å². The predicted octanol–water partition coefficient (Wildman–Crippen LogP) is 4.83. The second-order valence-corrected chi connectivity index (χ2v) is 10.1. The third-order valence-electron chi connectivity index (χ3n) is 6.20. The van der Waals surface area contributed by atoms with Crippen LogP contribution in [0.5, 0.6) is 5.75 Å². The molecule has 2 aromatic carbocycles. The van der Waals surface area contributed by atoms with Crippen molar-refractivity contribution in [2.24, 2.45) is 0 Å². The molecular weight excluding hydrogens is 474 g/mol. The number of hydrogen-bond donors (Lipinski definition) is 1. The highest BCUT2D eigenvalue weighted by atomic mass is 32.1. The van der Waals surface area contributed by atoms with Crippen molar-refractivity contribution >= 4 is 34.5 Å². The number of ether oxygens (including phenoxy) is 2. The molecule has 36 heavy (non-hydrogen) atoms. The van der Waals surface area contributed by atoms with Crippen LogP contribution in [0.4, 0.5) is 11.4 Å². The van der Waals surface area contributed by atoms with Crippen molar-refractivity contribution in [3.8, 4) is 5.75 Å². The van der Waals surface area contributed by atoms with E-state index in [1.165, 1.54) is 11.3 Å². The van der Waals surface area contributed by atoms with Crippen LogP contribution < -0.4 is 15.0 Å². The first-order valence-electron chi connectivity index (χ1n) is 12.1. The lowest BCUT2D eigenvalue weighted by Gasteiger charge is -2.28. The van der Waals surface area contributed by atoms with Gasteiger partial charge in [-0.15, -0.1) is 11.3 Å². The first kappa shape index (κ1) is 25.7. The summed E-state index contributed by atoms with van der Waals surface area (Å²) in [5.74, 6) is 0.654. The molecule has 3 aromatic rings. The number of carbonyl (C=O) groups excluding carboxylic acids is 2. The molecule has 1 aromatic heterocycles. The van der Waals surface area contributed by atoms with Gasteiger partial charge in [0.2, 0.25) is 5.91 Å². The molecule has 4 rings (SSSR count). The van der Waals surface area contributed by atoms with Gasteiger partial charge in [-0.25, -0.2) is 0 Å². The van der Waals surface area contributed by atoms with Crippen molar-refractivity contribution in [3.63, 3.8) is 0 Å². The summed E-state index contributed by atoms with van der Waals surface area (Å²) in [5, 5.41) is 4.93. The van der Waals surface area contributed by atoms with Crippen LogP contribution in [0.2, 0.25) is 0 Å². The van der Waals surface area contributed by atoms with E-state index in [0.29, 0.717) is 23.7 Å². The van der Waals surface area contributed by atoms with Crippen molar-refractivity contribution in [3.05, 3.63) is 76.0 Å². The molecule has 190 valence electrons. The summed E-state index contributed by atoms with van der Waals surface area (Å²) in [6, 6.07) is 17.1. The van der Waals surface area contributed by atoms with Gasteiger partial charge in [-0.3, -0.25) is 9.59 Å². The zero-order chi connectivity index (χ0) is 25.5. The highest BCUT2D eigenvalue weighted by molar-refractivity contribution is 7.12. The third kappa shape index (κ3) is 6.65. The van der Waals surface area contributed by atoms with Gasteiger partial charge in [0, 0.05) is 45.2 Å². The molecule has 1 unspecified atom stereocenters. The number of benzene rings is 2. The normalized spacial score (nSPS) is 14.9. The zero-order valence-electron chi connectivity index (χ0n) is 21.0. The fraction of sp³-hybridized carbons (Fsp3) is 0.357. The van der Waals surface area contributed by atoms with E-state index in [1.54, 1.807) is 7.11 Å². The molecule has 0 radical (unpaired) electrons. The van der Waals surface area contributed by atoms with Gasteiger partial charge in [0.25, 0.3) is 5.91 Å². The number of amides is 2. The first-order chi connectivity index (χ1) is 17.4. The fourth-order valence-electron chi connectivity index (χ4n) is 4.38. The van der Waals surface area contributed by atoms with Gasteiger partial charge in [0.15, 0.2) is 0 Å². The molecule has 7 nitrogen and oxygen atoms in total. The molecule has 1 saturated heterocycles. The van der Waals surface area contributed by atoms with Gasteiger partial charge in [-0.2, -0.15) is 0 Å². The maximum atomic E-state index is 13.4. The molecule has 0 bridgehead atoms. The Morgan fingerprint density at radius 3 is 2.58 bits per heavy atom. The Morgan fingerprint density at radius 1 is 1.14 bits per heavy atom. The largest absolute Gasteiger partial charge is 0.497 e. The maximum Gasteiger partial charge on any atom is 0.264 e. The summed E-state index contributed by atoms with van der Waals surface area (Å²) in [5.41, 5.74) is 3.57. The molecule has 0 aliphatic carbocycles. The number of methoxy groups -OCH3 is 1. The number of nitrogens with zero attached hydrogens (tertiary/aromatic N) is 2. The summed E-state index contributed by atoms with van der Waals surface area (Å²) in [6.07, 6.45) is 2.28. The van der Waals surface area contributed by atoms with Gasteiger partial charge in [0.05, 0.1) is 24.5 Å². The van der Waals surface area contributed by atoms with Crippen LogP contribution in [0.1, 0.15) is 33.6 Å². The highest BCUT2D eigenvalue weighted by Crippen LogP contribution is 2.27. The van der Waals surface area contributed by atoms with Crippen LogP contribution in [0, 0.1) is 0 Å². The summed E-state index contributed by atoms with van der Waals surface area (Å²) < 4.78 is 11.0. The van der Waals surface area contributed by atoms with Crippen LogP contribution in [-0.2, 0) is 22.5 Å². The Balaban J connectivity index is 1.52. The van der Waals surface area contributed by atoms with E-state index < -0.39 is 0 Å². The Hall–Kier alpha value is -3.36. The van der Waals surface area contributed by atoms with Crippen LogP contribution in [-0.4, -0.2) is 57.2 Å². The Labute approximate surface area is 216 Å². The molecule has 1 atom stereocenters. The summed E-state index contributed by atoms with van der Waals surface area (Å²) in [6.45, 7) is 1.70. The van der Waals surface area contributed by atoms with Crippen LogP contribution in [0.25, 0.3) is 0 Å². The Morgan fingerprint density at radius 2 is 1.94 bits per heavy atom. The Kier molecular flexibility index (Phi) is 8.61. The van der Waals surface area contributed by atoms with Gasteiger partial charge in [-0.05, 0) is 65.7 Å². The third-order valence-corrected chi connectivity index (χ3v) is 7.06. The zero-order valence-corrected chi connectivity index (χ0v) is 21.8. The molecule has 1 aliphatic rings. The van der Waals surface area contributed by atoms with E-state index >= 15 is 0 Å². The van der Waals surface area contributed by atoms with E-state index in [2.05, 4.69) is 5.32 Å². The molecule has 2 amide bonds. The van der Waals surface area contributed by atoms with Gasteiger partial charge in [0.1, 0.15) is 5.75 Å². The van der Waals surface area contributed by atoms with Crippen molar-refractivity contribution in [1.82, 2.24) is 4.90 Å². The SMILES string of the molecule is COc1ccc(CC(=O)Nc2ccc(N(C)C)c(CN(CC3CCCO3)C(=O)c3cccs3)c2)cc1. The number of hydrogen-bond acceptors (Lipinski definition) is 6. The molecule has 1 aliphatic heterocycles. The average Bonchev–Trinajstić information content (AvgIpc) is 3.58. The number of anilines is 2. The second kappa shape index (κ2) is 12.1. The fourth-order valence-corrected chi connectivity index (χ4v) is 5.07. The monoisotopic (exact) mass is 507 g/mol. The number of nitrogens with one attached hydrogen (secondary N) is 1. The summed E-state index contributed by atoms with van der Waals surface area (Å²) >= 11 is 1.45. The lowest BCUT2D eigenvalue weighted by molar-refractivity contribution is -0.115. The molecule has 0 spiro atoms. The number of rotatable bonds is 10. The lowest BCUT2D eigenvalue weighted by atomic mass is 10.1. The van der Waals surface area contributed by atoms with Crippen molar-refractivity contribution in [2.45, 2.75) is 31.9 Å².